The van der Waals surface area contributed by atoms with Crippen LogP contribution < -0.4 is 16.4 Å². The van der Waals surface area contributed by atoms with Gasteiger partial charge in [-0.3, -0.25) is 9.59 Å². The van der Waals surface area contributed by atoms with E-state index in [0.717, 1.165) is 0 Å². The number of halogens is 1. The first-order valence-electron chi connectivity index (χ1n) is 7.37. The normalized spacial score (nSPS) is 13.5. The average molecular weight is 309 g/mol. The van der Waals surface area contributed by atoms with Crippen LogP contribution in [0.25, 0.3) is 0 Å². The Labute approximate surface area is 130 Å². The first-order chi connectivity index (χ1) is 10.3. The van der Waals surface area contributed by atoms with E-state index in [9.17, 15) is 14.0 Å². The number of hydrogen-bond acceptors (Lipinski definition) is 3. The number of rotatable bonds is 7. The maximum Gasteiger partial charge on any atom is 0.239 e. The molecule has 0 spiro atoms. The minimum Gasteiger partial charge on any atom is -0.352 e. The number of nitrogens with two attached hydrogens (primary N) is 1. The van der Waals surface area contributed by atoms with E-state index < -0.39 is 6.04 Å². The predicted octanol–water partition coefficient (Wildman–Crippen LogP) is 0.972. The van der Waals surface area contributed by atoms with Gasteiger partial charge in [0.15, 0.2) is 0 Å². The van der Waals surface area contributed by atoms with Gasteiger partial charge in [0.1, 0.15) is 5.82 Å². The van der Waals surface area contributed by atoms with Crippen molar-refractivity contribution in [3.63, 3.8) is 0 Å². The van der Waals surface area contributed by atoms with Crippen LogP contribution in [0.1, 0.15) is 26.3 Å². The quantitative estimate of drug-likeness (QED) is 0.702. The van der Waals surface area contributed by atoms with Crippen LogP contribution in [0.15, 0.2) is 24.3 Å². The van der Waals surface area contributed by atoms with Gasteiger partial charge in [-0.1, -0.05) is 32.0 Å². The predicted molar refractivity (Wildman–Crippen MR) is 83.5 cm³/mol. The van der Waals surface area contributed by atoms with E-state index in [1.54, 1.807) is 25.1 Å². The Morgan fingerprint density at radius 3 is 2.45 bits per heavy atom. The third-order valence-electron chi connectivity index (χ3n) is 3.34. The van der Waals surface area contributed by atoms with E-state index in [-0.39, 0.29) is 36.1 Å². The smallest absolute Gasteiger partial charge is 0.239 e. The number of carbonyl (C=O) groups is 2. The molecule has 1 aromatic carbocycles. The van der Waals surface area contributed by atoms with Gasteiger partial charge in [-0.05, 0) is 30.9 Å². The summed E-state index contributed by atoms with van der Waals surface area (Å²) in [4.78, 5) is 23.4. The van der Waals surface area contributed by atoms with Crippen LogP contribution in [0.2, 0.25) is 0 Å². The van der Waals surface area contributed by atoms with Gasteiger partial charge >= 0.3 is 0 Å². The van der Waals surface area contributed by atoms with E-state index in [4.69, 9.17) is 5.73 Å². The fourth-order valence-electron chi connectivity index (χ4n) is 1.96. The second-order valence-electron chi connectivity index (χ2n) is 5.75. The highest BCUT2D eigenvalue weighted by Crippen LogP contribution is 2.08. The molecular formula is C16H24FN3O2. The SMILES string of the molecule is CC(Cc1ccccc1F)NC(=O)CNC(=O)[C@@H](N)C(C)C. The van der Waals surface area contributed by atoms with Gasteiger partial charge in [-0.25, -0.2) is 4.39 Å². The molecule has 0 saturated heterocycles. The van der Waals surface area contributed by atoms with Gasteiger partial charge in [0.2, 0.25) is 11.8 Å². The Morgan fingerprint density at radius 2 is 1.86 bits per heavy atom. The topological polar surface area (TPSA) is 84.2 Å². The molecule has 2 amide bonds. The molecule has 0 saturated carbocycles. The van der Waals surface area contributed by atoms with E-state index in [1.807, 2.05) is 13.8 Å². The molecular weight excluding hydrogens is 285 g/mol. The van der Waals surface area contributed by atoms with Gasteiger partial charge in [0.25, 0.3) is 0 Å². The molecule has 1 rings (SSSR count). The third kappa shape index (κ3) is 5.81. The third-order valence-corrected chi connectivity index (χ3v) is 3.34. The maximum absolute atomic E-state index is 13.5. The van der Waals surface area contributed by atoms with Crippen LogP contribution in [0.3, 0.4) is 0 Å². The summed E-state index contributed by atoms with van der Waals surface area (Å²) < 4.78 is 13.5. The highest BCUT2D eigenvalue weighted by molar-refractivity contribution is 5.87. The fourth-order valence-corrected chi connectivity index (χ4v) is 1.96. The van der Waals surface area contributed by atoms with Crippen molar-refractivity contribution < 1.29 is 14.0 Å². The summed E-state index contributed by atoms with van der Waals surface area (Å²) in [6, 6.07) is 5.57. The van der Waals surface area contributed by atoms with E-state index in [1.165, 1.54) is 6.07 Å². The van der Waals surface area contributed by atoms with Gasteiger partial charge in [0, 0.05) is 6.04 Å². The first kappa shape index (κ1) is 18.1. The lowest BCUT2D eigenvalue weighted by molar-refractivity contribution is -0.127. The largest absolute Gasteiger partial charge is 0.352 e. The molecule has 0 heterocycles. The zero-order chi connectivity index (χ0) is 16.7. The summed E-state index contributed by atoms with van der Waals surface area (Å²) in [5.74, 6) is -0.970. The van der Waals surface area contributed by atoms with Gasteiger partial charge in [0.05, 0.1) is 12.6 Å². The first-order valence-corrected chi connectivity index (χ1v) is 7.37. The van der Waals surface area contributed by atoms with Crippen LogP contribution in [-0.2, 0) is 16.0 Å². The zero-order valence-corrected chi connectivity index (χ0v) is 13.2. The van der Waals surface area contributed by atoms with Crippen LogP contribution in [0.4, 0.5) is 4.39 Å². The Bertz CT molecular complexity index is 520. The van der Waals surface area contributed by atoms with Gasteiger partial charge < -0.3 is 16.4 Å². The summed E-state index contributed by atoms with van der Waals surface area (Å²) >= 11 is 0. The lowest BCUT2D eigenvalue weighted by Crippen LogP contribution is -2.48. The summed E-state index contributed by atoms with van der Waals surface area (Å²) in [6.07, 6.45) is 0.387. The molecule has 5 nitrogen and oxygen atoms in total. The second kappa shape index (κ2) is 8.48. The Morgan fingerprint density at radius 1 is 1.23 bits per heavy atom. The van der Waals surface area contributed by atoms with Crippen molar-refractivity contribution in [3.8, 4) is 0 Å². The standard InChI is InChI=1S/C16H24FN3O2/c1-10(2)15(18)16(22)19-9-14(21)20-11(3)8-12-6-4-5-7-13(12)17/h4-7,10-11,15H,8-9,18H2,1-3H3,(H,19,22)(H,20,21)/t11?,15-/m0/s1. The Kier molecular flexibility index (Phi) is 6.98. The number of nitrogens with one attached hydrogen (secondary N) is 2. The van der Waals surface area contributed by atoms with Crippen LogP contribution in [-0.4, -0.2) is 30.4 Å². The van der Waals surface area contributed by atoms with E-state index in [2.05, 4.69) is 10.6 Å². The molecule has 4 N–H and O–H groups in total. The summed E-state index contributed by atoms with van der Waals surface area (Å²) in [5.41, 5.74) is 6.22. The zero-order valence-electron chi connectivity index (χ0n) is 13.2. The molecule has 0 aromatic heterocycles. The lowest BCUT2D eigenvalue weighted by atomic mass is 10.1. The van der Waals surface area contributed by atoms with Crippen LogP contribution in [0.5, 0.6) is 0 Å². The molecule has 122 valence electrons. The number of hydrogen-bond donors (Lipinski definition) is 3. The monoisotopic (exact) mass is 309 g/mol. The molecule has 1 aromatic rings. The van der Waals surface area contributed by atoms with E-state index >= 15 is 0 Å². The number of amides is 2. The van der Waals surface area contributed by atoms with Crippen molar-refractivity contribution in [1.29, 1.82) is 0 Å². The molecule has 0 bridgehead atoms. The van der Waals surface area contributed by atoms with E-state index in [0.29, 0.717) is 12.0 Å². The highest BCUT2D eigenvalue weighted by Gasteiger charge is 2.18. The Hall–Kier alpha value is -1.95. The molecule has 0 aliphatic rings. The van der Waals surface area contributed by atoms with Crippen LogP contribution >= 0.6 is 0 Å². The maximum atomic E-state index is 13.5. The van der Waals surface area contributed by atoms with Crippen molar-refractivity contribution in [2.45, 2.75) is 39.3 Å². The van der Waals surface area contributed by atoms with Crippen LogP contribution in [0, 0.1) is 11.7 Å². The van der Waals surface area contributed by atoms with Crippen molar-refractivity contribution in [1.82, 2.24) is 10.6 Å². The molecule has 22 heavy (non-hydrogen) atoms. The minimum atomic E-state index is -0.636. The highest BCUT2D eigenvalue weighted by atomic mass is 19.1. The van der Waals surface area contributed by atoms with Crippen molar-refractivity contribution in [3.05, 3.63) is 35.6 Å². The molecule has 0 aliphatic heterocycles. The molecule has 6 heteroatoms. The minimum absolute atomic E-state index is 0.00282. The summed E-state index contributed by atoms with van der Waals surface area (Å²) in [6.45, 7) is 5.31. The molecule has 0 aliphatic carbocycles. The van der Waals surface area contributed by atoms with Crippen molar-refractivity contribution in [2.24, 2.45) is 11.7 Å². The van der Waals surface area contributed by atoms with Crippen molar-refractivity contribution >= 4 is 11.8 Å². The summed E-state index contributed by atoms with van der Waals surface area (Å²) in [5, 5.41) is 5.21. The average Bonchev–Trinajstić information content (AvgIpc) is 2.46. The van der Waals surface area contributed by atoms with Crippen molar-refractivity contribution in [2.75, 3.05) is 6.54 Å². The molecule has 1 unspecified atom stereocenters. The second-order valence-corrected chi connectivity index (χ2v) is 5.75. The number of carbonyl (C=O) groups excluding carboxylic acids is 2. The van der Waals surface area contributed by atoms with Gasteiger partial charge in [-0.2, -0.15) is 0 Å². The summed E-state index contributed by atoms with van der Waals surface area (Å²) in [7, 11) is 0. The lowest BCUT2D eigenvalue weighted by Gasteiger charge is -2.17. The fraction of sp³-hybridized carbons (Fsp3) is 0.500. The number of benzene rings is 1. The Balaban J connectivity index is 2.39. The van der Waals surface area contributed by atoms with Gasteiger partial charge in [-0.15, -0.1) is 0 Å². The molecule has 0 radical (unpaired) electrons. The molecule has 0 fully saturated rings. The molecule has 2 atom stereocenters.